The van der Waals surface area contributed by atoms with E-state index in [-0.39, 0.29) is 0 Å². The van der Waals surface area contributed by atoms with E-state index in [1.165, 1.54) is 42.3 Å². The molecule has 1 saturated carbocycles. The van der Waals surface area contributed by atoms with Gasteiger partial charge in [-0.1, -0.05) is 12.5 Å². The van der Waals surface area contributed by atoms with Gasteiger partial charge in [-0.25, -0.2) is 0 Å². The van der Waals surface area contributed by atoms with Crippen LogP contribution in [0.1, 0.15) is 37.8 Å². The van der Waals surface area contributed by atoms with Gasteiger partial charge in [0.05, 0.1) is 0 Å². The van der Waals surface area contributed by atoms with Crippen molar-refractivity contribution in [3.63, 3.8) is 0 Å². The molecule has 0 saturated heterocycles. The van der Waals surface area contributed by atoms with E-state index in [0.29, 0.717) is 6.04 Å². The van der Waals surface area contributed by atoms with E-state index in [4.69, 9.17) is 0 Å². The molecule has 2 heteroatoms. The van der Waals surface area contributed by atoms with Crippen molar-refractivity contribution in [1.82, 2.24) is 9.88 Å². The predicted molar refractivity (Wildman–Crippen MR) is 76.8 cm³/mol. The lowest BCUT2D eigenvalue weighted by atomic mass is 9.85. The Morgan fingerprint density at radius 1 is 1.33 bits per heavy atom. The molecule has 1 aliphatic carbocycles. The van der Waals surface area contributed by atoms with Crippen LogP contribution in [0.3, 0.4) is 0 Å². The number of nitrogens with zero attached hydrogens (tertiary/aromatic N) is 1. The molecule has 1 aliphatic rings. The third kappa shape index (κ3) is 2.05. The van der Waals surface area contributed by atoms with E-state index in [2.05, 4.69) is 47.3 Å². The Kier molecular flexibility index (Phi) is 3.13. The summed E-state index contributed by atoms with van der Waals surface area (Å²) >= 11 is 0. The number of hydrogen-bond acceptors (Lipinski definition) is 1. The van der Waals surface area contributed by atoms with Gasteiger partial charge in [0, 0.05) is 24.3 Å². The molecule has 2 nitrogen and oxygen atoms in total. The Morgan fingerprint density at radius 3 is 2.83 bits per heavy atom. The zero-order chi connectivity index (χ0) is 12.5. The number of hydrogen-bond donors (Lipinski definition) is 1. The van der Waals surface area contributed by atoms with Gasteiger partial charge in [0.2, 0.25) is 0 Å². The summed E-state index contributed by atoms with van der Waals surface area (Å²) in [5, 5.41) is 4.67. The van der Waals surface area contributed by atoms with Gasteiger partial charge >= 0.3 is 0 Å². The Labute approximate surface area is 109 Å². The zero-order valence-corrected chi connectivity index (χ0v) is 11.3. The minimum atomic E-state index is 0.421. The van der Waals surface area contributed by atoms with Crippen molar-refractivity contribution in [3.05, 3.63) is 36.0 Å². The lowest BCUT2D eigenvalue weighted by molar-refractivity contribution is 0.280. The normalized spacial score (nSPS) is 17.9. The summed E-state index contributed by atoms with van der Waals surface area (Å²) in [5.74, 6) is 0.913. The van der Waals surface area contributed by atoms with Crippen LogP contribution in [0.5, 0.6) is 0 Å². The van der Waals surface area contributed by atoms with Gasteiger partial charge in [-0.2, -0.15) is 0 Å². The third-order valence-electron chi connectivity index (χ3n) is 4.41. The van der Waals surface area contributed by atoms with Gasteiger partial charge in [-0.15, -0.1) is 0 Å². The Bertz CT molecular complexity index is 537. The molecule has 1 atom stereocenters. The Balaban J connectivity index is 1.89. The van der Waals surface area contributed by atoms with Crippen molar-refractivity contribution in [3.8, 4) is 0 Å². The first-order valence-corrected chi connectivity index (χ1v) is 7.04. The van der Waals surface area contributed by atoms with Crippen molar-refractivity contribution in [1.29, 1.82) is 0 Å². The molecule has 1 fully saturated rings. The number of aromatic nitrogens is 1. The van der Waals surface area contributed by atoms with E-state index in [1.807, 2.05) is 7.05 Å². The summed E-state index contributed by atoms with van der Waals surface area (Å²) in [4.78, 5) is 0. The van der Waals surface area contributed by atoms with Crippen molar-refractivity contribution in [2.24, 2.45) is 5.92 Å². The van der Waals surface area contributed by atoms with Crippen molar-refractivity contribution < 1.29 is 0 Å². The first kappa shape index (κ1) is 11.8. The standard InChI is InChI=1S/C16H22N2/c1-12(17-2)14-6-7-16-15(10-14)8-9-18(16)11-13-4-3-5-13/h6-10,12-13,17H,3-5,11H2,1-2H3. The molecule has 0 radical (unpaired) electrons. The molecule has 1 N–H and O–H groups in total. The highest BCUT2D eigenvalue weighted by molar-refractivity contribution is 5.81. The molecule has 0 amide bonds. The number of fused-ring (bicyclic) bond motifs is 1. The van der Waals surface area contributed by atoms with Crippen LogP contribution in [0.25, 0.3) is 10.9 Å². The summed E-state index contributed by atoms with van der Waals surface area (Å²) in [6.07, 6.45) is 6.49. The molecular weight excluding hydrogens is 220 g/mol. The Morgan fingerprint density at radius 2 is 2.17 bits per heavy atom. The first-order chi connectivity index (χ1) is 8.78. The van der Waals surface area contributed by atoms with Gasteiger partial charge in [0.25, 0.3) is 0 Å². The topological polar surface area (TPSA) is 17.0 Å². The summed E-state index contributed by atoms with van der Waals surface area (Å²) in [6, 6.07) is 9.51. The van der Waals surface area contributed by atoms with E-state index in [9.17, 15) is 0 Å². The molecule has 0 aliphatic heterocycles. The quantitative estimate of drug-likeness (QED) is 0.864. The minimum Gasteiger partial charge on any atom is -0.347 e. The van der Waals surface area contributed by atoms with Gasteiger partial charge in [-0.3, -0.25) is 0 Å². The second-order valence-corrected chi connectivity index (χ2v) is 5.59. The summed E-state index contributed by atoms with van der Waals surface area (Å²) in [7, 11) is 2.01. The summed E-state index contributed by atoms with van der Waals surface area (Å²) in [6.45, 7) is 3.40. The van der Waals surface area contributed by atoms with Gasteiger partial charge < -0.3 is 9.88 Å². The average Bonchev–Trinajstić information content (AvgIpc) is 2.75. The van der Waals surface area contributed by atoms with E-state index < -0.39 is 0 Å². The summed E-state index contributed by atoms with van der Waals surface area (Å²) in [5.41, 5.74) is 2.75. The monoisotopic (exact) mass is 242 g/mol. The van der Waals surface area contributed by atoms with E-state index in [0.717, 1.165) is 5.92 Å². The van der Waals surface area contributed by atoms with Crippen LogP contribution in [0.2, 0.25) is 0 Å². The highest BCUT2D eigenvalue weighted by Crippen LogP contribution is 2.30. The fraction of sp³-hybridized carbons (Fsp3) is 0.500. The van der Waals surface area contributed by atoms with Crippen LogP contribution in [0, 0.1) is 5.92 Å². The van der Waals surface area contributed by atoms with Crippen molar-refractivity contribution in [2.75, 3.05) is 7.05 Å². The maximum atomic E-state index is 3.30. The highest BCUT2D eigenvalue weighted by atomic mass is 15.0. The number of rotatable bonds is 4. The zero-order valence-electron chi connectivity index (χ0n) is 11.3. The molecule has 3 rings (SSSR count). The maximum absolute atomic E-state index is 3.30. The van der Waals surface area contributed by atoms with Crippen LogP contribution in [0.4, 0.5) is 0 Å². The van der Waals surface area contributed by atoms with E-state index in [1.54, 1.807) is 0 Å². The molecule has 1 aromatic heterocycles. The van der Waals surface area contributed by atoms with Crippen LogP contribution >= 0.6 is 0 Å². The number of benzene rings is 1. The molecule has 1 aromatic carbocycles. The number of nitrogens with one attached hydrogen (secondary N) is 1. The fourth-order valence-electron chi connectivity index (χ4n) is 2.77. The third-order valence-corrected chi connectivity index (χ3v) is 4.41. The van der Waals surface area contributed by atoms with Crippen LogP contribution in [-0.2, 0) is 6.54 Å². The van der Waals surface area contributed by atoms with Crippen LogP contribution < -0.4 is 5.32 Å². The minimum absolute atomic E-state index is 0.421. The molecule has 1 heterocycles. The molecule has 1 unspecified atom stereocenters. The molecule has 96 valence electrons. The molecule has 0 spiro atoms. The van der Waals surface area contributed by atoms with Gasteiger partial charge in [-0.05, 0) is 61.9 Å². The SMILES string of the molecule is CNC(C)c1ccc2c(ccn2CC2CCC2)c1. The van der Waals surface area contributed by atoms with Crippen LogP contribution in [-0.4, -0.2) is 11.6 Å². The fourth-order valence-corrected chi connectivity index (χ4v) is 2.77. The molecule has 18 heavy (non-hydrogen) atoms. The maximum Gasteiger partial charge on any atom is 0.0480 e. The Hall–Kier alpha value is -1.28. The van der Waals surface area contributed by atoms with Gasteiger partial charge in [0.15, 0.2) is 0 Å². The smallest absolute Gasteiger partial charge is 0.0480 e. The van der Waals surface area contributed by atoms with Crippen molar-refractivity contribution >= 4 is 10.9 Å². The van der Waals surface area contributed by atoms with E-state index >= 15 is 0 Å². The molecule has 2 aromatic rings. The predicted octanol–water partition coefficient (Wildman–Crippen LogP) is 3.72. The lowest BCUT2D eigenvalue weighted by Gasteiger charge is -2.26. The highest BCUT2D eigenvalue weighted by Gasteiger charge is 2.18. The van der Waals surface area contributed by atoms with Gasteiger partial charge in [0.1, 0.15) is 0 Å². The largest absolute Gasteiger partial charge is 0.347 e. The lowest BCUT2D eigenvalue weighted by Crippen LogP contribution is -2.17. The second-order valence-electron chi connectivity index (χ2n) is 5.59. The molecule has 0 bridgehead atoms. The van der Waals surface area contributed by atoms with Crippen molar-refractivity contribution in [2.45, 2.75) is 38.8 Å². The first-order valence-electron chi connectivity index (χ1n) is 7.04. The molecular formula is C16H22N2. The summed E-state index contributed by atoms with van der Waals surface area (Å²) < 4.78 is 2.42. The average molecular weight is 242 g/mol. The van der Waals surface area contributed by atoms with Crippen LogP contribution in [0.15, 0.2) is 30.5 Å². The second kappa shape index (κ2) is 4.77.